The number of hydrogen-bond acceptors (Lipinski definition) is 6. The fourth-order valence-electron chi connectivity index (χ4n) is 3.66. The number of anilines is 4. The highest BCUT2D eigenvalue weighted by atomic mass is 16.5. The number of benzene rings is 2. The minimum absolute atomic E-state index is 0.478. The molecule has 4 rings (SSSR count). The monoisotopic (exact) mass is 428 g/mol. The van der Waals surface area contributed by atoms with Crippen molar-refractivity contribution in [1.82, 2.24) is 10.3 Å². The lowest BCUT2D eigenvalue weighted by atomic mass is 9.99. The van der Waals surface area contributed by atoms with Crippen molar-refractivity contribution in [3.63, 3.8) is 0 Å². The summed E-state index contributed by atoms with van der Waals surface area (Å²) in [4.78, 5) is 16.6. The van der Waals surface area contributed by atoms with Gasteiger partial charge in [0.05, 0.1) is 12.3 Å². The first-order valence-electron chi connectivity index (χ1n) is 11.0. The molecule has 0 bridgehead atoms. The van der Waals surface area contributed by atoms with E-state index in [1.54, 1.807) is 6.20 Å². The van der Waals surface area contributed by atoms with Crippen molar-refractivity contribution in [2.75, 3.05) is 17.2 Å². The Morgan fingerprint density at radius 1 is 1.06 bits per heavy atom. The molecular weight excluding hydrogens is 400 g/mol. The lowest BCUT2D eigenvalue weighted by Gasteiger charge is -2.24. The molecule has 2 heterocycles. The average Bonchev–Trinajstić information content (AvgIpc) is 2.83. The van der Waals surface area contributed by atoms with Crippen LogP contribution in [0.15, 0.2) is 66.9 Å². The topological polar surface area (TPSA) is 75.3 Å². The van der Waals surface area contributed by atoms with Crippen LogP contribution in [0.3, 0.4) is 0 Å². The molecule has 0 amide bonds. The fourth-order valence-corrected chi connectivity index (χ4v) is 3.66. The summed E-state index contributed by atoms with van der Waals surface area (Å²) in [6, 6.07) is 19.2. The Morgan fingerprint density at radius 3 is 2.69 bits per heavy atom. The number of carbonyl (C=O) groups excluding carboxylic acids is 1. The summed E-state index contributed by atoms with van der Waals surface area (Å²) in [5.74, 6) is 2.07. The predicted molar refractivity (Wildman–Crippen MR) is 130 cm³/mol. The van der Waals surface area contributed by atoms with Crippen LogP contribution >= 0.6 is 0 Å². The third kappa shape index (κ3) is 5.09. The predicted octanol–water partition coefficient (Wildman–Crippen LogP) is 5.95. The number of nitrogens with zero attached hydrogens (tertiary/aromatic N) is 1. The minimum atomic E-state index is -0.478. The van der Waals surface area contributed by atoms with E-state index in [1.165, 1.54) is 0 Å². The molecule has 164 valence electrons. The summed E-state index contributed by atoms with van der Waals surface area (Å²) < 4.78 is 6.03. The fraction of sp³-hybridized carbons (Fsp3) is 0.231. The van der Waals surface area contributed by atoms with Gasteiger partial charge in [0.2, 0.25) is 0 Å². The SMILES string of the molecule is CCCCCOc1ccccc1Nc1nc(Nc2ccccc2)cc2c1C(C=O)NC=C2. The van der Waals surface area contributed by atoms with Crippen LogP contribution in [0.25, 0.3) is 6.08 Å². The molecule has 0 saturated carbocycles. The van der Waals surface area contributed by atoms with Gasteiger partial charge in [-0.05, 0) is 54.6 Å². The van der Waals surface area contributed by atoms with Gasteiger partial charge in [0.15, 0.2) is 0 Å². The minimum Gasteiger partial charge on any atom is -0.491 e. The van der Waals surface area contributed by atoms with E-state index in [-0.39, 0.29) is 0 Å². The highest BCUT2D eigenvalue weighted by molar-refractivity contribution is 5.80. The highest BCUT2D eigenvalue weighted by Crippen LogP contribution is 2.35. The summed E-state index contributed by atoms with van der Waals surface area (Å²) in [6.07, 6.45) is 7.93. The number of fused-ring (bicyclic) bond motifs is 1. The molecule has 1 unspecified atom stereocenters. The van der Waals surface area contributed by atoms with Gasteiger partial charge in [-0.25, -0.2) is 4.98 Å². The normalized spacial score (nSPS) is 14.2. The van der Waals surface area contributed by atoms with Crippen LogP contribution in [0, 0.1) is 0 Å². The second-order valence-corrected chi connectivity index (χ2v) is 7.64. The third-order valence-electron chi connectivity index (χ3n) is 5.27. The molecule has 0 fully saturated rings. The van der Waals surface area contributed by atoms with Gasteiger partial charge in [-0.1, -0.05) is 50.1 Å². The second kappa shape index (κ2) is 10.5. The first-order valence-corrected chi connectivity index (χ1v) is 11.0. The summed E-state index contributed by atoms with van der Waals surface area (Å²) in [5, 5.41) is 9.88. The van der Waals surface area contributed by atoms with Crippen molar-refractivity contribution in [3.8, 4) is 5.75 Å². The molecule has 0 saturated heterocycles. The Hall–Kier alpha value is -3.80. The van der Waals surface area contributed by atoms with Crippen molar-refractivity contribution in [2.24, 2.45) is 0 Å². The molecule has 0 aliphatic carbocycles. The lowest BCUT2D eigenvalue weighted by molar-refractivity contribution is -0.109. The van der Waals surface area contributed by atoms with Crippen molar-refractivity contribution in [2.45, 2.75) is 32.2 Å². The second-order valence-electron chi connectivity index (χ2n) is 7.64. The average molecular weight is 429 g/mol. The Labute approximate surface area is 188 Å². The van der Waals surface area contributed by atoms with E-state index in [4.69, 9.17) is 9.72 Å². The maximum atomic E-state index is 11.8. The zero-order chi connectivity index (χ0) is 22.2. The van der Waals surface area contributed by atoms with Crippen molar-refractivity contribution in [1.29, 1.82) is 0 Å². The molecule has 2 aromatic carbocycles. The molecule has 1 atom stereocenters. The van der Waals surface area contributed by atoms with Gasteiger partial charge in [-0.2, -0.15) is 0 Å². The number of carbonyl (C=O) groups is 1. The van der Waals surface area contributed by atoms with E-state index in [1.807, 2.05) is 66.7 Å². The van der Waals surface area contributed by atoms with Gasteiger partial charge in [-0.15, -0.1) is 0 Å². The molecule has 3 aromatic rings. The molecule has 1 aliphatic heterocycles. The Kier molecular flexibility index (Phi) is 7.02. The molecule has 32 heavy (non-hydrogen) atoms. The number of unbranched alkanes of at least 4 members (excludes halogenated alkanes) is 2. The van der Waals surface area contributed by atoms with E-state index >= 15 is 0 Å². The number of ether oxygens (including phenoxy) is 1. The van der Waals surface area contributed by atoms with Gasteiger partial charge >= 0.3 is 0 Å². The highest BCUT2D eigenvalue weighted by Gasteiger charge is 2.23. The number of nitrogens with one attached hydrogen (secondary N) is 3. The zero-order valence-electron chi connectivity index (χ0n) is 18.2. The molecule has 6 heteroatoms. The third-order valence-corrected chi connectivity index (χ3v) is 5.27. The maximum Gasteiger partial charge on any atom is 0.146 e. The van der Waals surface area contributed by atoms with E-state index < -0.39 is 6.04 Å². The largest absolute Gasteiger partial charge is 0.491 e. The standard InChI is InChI=1S/C26H28N4O2/c1-2-3-9-16-32-23-13-8-7-12-21(23)29-26-25-19(14-15-27-22(25)18-31)17-24(30-26)28-20-10-5-4-6-11-20/h4-8,10-15,17-18,22,27H,2-3,9,16H2,1H3,(H2,28,29,30). The molecule has 0 radical (unpaired) electrons. The van der Waals surface area contributed by atoms with Gasteiger partial charge in [0.25, 0.3) is 0 Å². The molecule has 3 N–H and O–H groups in total. The summed E-state index contributed by atoms with van der Waals surface area (Å²) >= 11 is 0. The van der Waals surface area contributed by atoms with E-state index in [0.29, 0.717) is 18.2 Å². The summed E-state index contributed by atoms with van der Waals surface area (Å²) in [6.45, 7) is 2.83. The van der Waals surface area contributed by atoms with Crippen molar-refractivity contribution in [3.05, 3.63) is 78.0 Å². The van der Waals surface area contributed by atoms with Crippen molar-refractivity contribution >= 4 is 35.4 Å². The number of rotatable bonds is 10. The first-order chi connectivity index (χ1) is 15.8. The van der Waals surface area contributed by atoms with Gasteiger partial charge in [-0.3, -0.25) is 0 Å². The number of aromatic nitrogens is 1. The van der Waals surface area contributed by atoms with E-state index in [9.17, 15) is 4.79 Å². The smallest absolute Gasteiger partial charge is 0.146 e. The Morgan fingerprint density at radius 2 is 1.88 bits per heavy atom. The van der Waals surface area contributed by atoms with Crippen LogP contribution in [-0.4, -0.2) is 17.9 Å². The van der Waals surface area contributed by atoms with Crippen LogP contribution in [0.2, 0.25) is 0 Å². The lowest BCUT2D eigenvalue weighted by Crippen LogP contribution is -2.23. The van der Waals surface area contributed by atoms with Crippen LogP contribution in [0.4, 0.5) is 23.0 Å². The van der Waals surface area contributed by atoms with E-state index in [2.05, 4.69) is 22.9 Å². The molecular formula is C26H28N4O2. The van der Waals surface area contributed by atoms with Crippen LogP contribution in [0.5, 0.6) is 5.75 Å². The van der Waals surface area contributed by atoms with Crippen LogP contribution in [0.1, 0.15) is 43.4 Å². The number of aldehydes is 1. The van der Waals surface area contributed by atoms with E-state index in [0.717, 1.165) is 53.8 Å². The maximum absolute atomic E-state index is 11.8. The van der Waals surface area contributed by atoms with Gasteiger partial charge in [0, 0.05) is 11.3 Å². The zero-order valence-corrected chi connectivity index (χ0v) is 18.2. The number of pyridine rings is 1. The van der Waals surface area contributed by atoms with Gasteiger partial charge < -0.3 is 25.5 Å². The van der Waals surface area contributed by atoms with Crippen LogP contribution < -0.4 is 20.7 Å². The molecule has 6 nitrogen and oxygen atoms in total. The Balaban J connectivity index is 1.67. The molecule has 1 aromatic heterocycles. The molecule has 1 aliphatic rings. The summed E-state index contributed by atoms with van der Waals surface area (Å²) in [7, 11) is 0. The van der Waals surface area contributed by atoms with Crippen LogP contribution in [-0.2, 0) is 4.79 Å². The number of hydrogen-bond donors (Lipinski definition) is 3. The van der Waals surface area contributed by atoms with Gasteiger partial charge in [0.1, 0.15) is 29.7 Å². The Bertz CT molecular complexity index is 1080. The quantitative estimate of drug-likeness (QED) is 0.274. The van der Waals surface area contributed by atoms with Crippen molar-refractivity contribution < 1.29 is 9.53 Å². The number of para-hydroxylation sites is 3. The summed E-state index contributed by atoms with van der Waals surface area (Å²) in [5.41, 5.74) is 3.49. The molecule has 0 spiro atoms. The first kappa shape index (κ1) is 21.4.